The first kappa shape index (κ1) is 34.3. The van der Waals surface area contributed by atoms with Crippen LogP contribution in [0.5, 0.6) is 0 Å². The van der Waals surface area contributed by atoms with E-state index in [2.05, 4.69) is 117 Å². The van der Waals surface area contributed by atoms with E-state index in [-0.39, 0.29) is 0 Å². The summed E-state index contributed by atoms with van der Waals surface area (Å²) in [6.07, 6.45) is 0. The highest BCUT2D eigenvalue weighted by molar-refractivity contribution is 8.08. The van der Waals surface area contributed by atoms with Crippen molar-refractivity contribution in [3.05, 3.63) is 181 Å². The average Bonchev–Trinajstić information content (AvgIpc) is 3.87. The molecule has 10 aromatic rings. The molecular formula is C49H32N4S3. The number of aryl methyl sites for hydroxylation is 1. The van der Waals surface area contributed by atoms with Crippen molar-refractivity contribution in [2.24, 2.45) is 0 Å². The molecule has 0 saturated carbocycles. The molecule has 0 bridgehead atoms. The molecule has 0 N–H and O–H groups in total. The molecule has 0 radical (unpaired) electrons. The Labute approximate surface area is 337 Å². The number of hydrogen-bond donors (Lipinski definition) is 0. The minimum atomic E-state index is 0.635. The molecule has 10 rings (SSSR count). The summed E-state index contributed by atoms with van der Waals surface area (Å²) in [6.45, 7) is 6.68. The second-order valence-electron chi connectivity index (χ2n) is 13.6. The number of aromatic nitrogens is 4. The fourth-order valence-corrected chi connectivity index (χ4v) is 10.4. The topological polar surface area (TPSA) is 51.6 Å². The van der Waals surface area contributed by atoms with E-state index >= 15 is 0 Å². The first-order valence-electron chi connectivity index (χ1n) is 18.3. The van der Waals surface area contributed by atoms with Gasteiger partial charge in [0.2, 0.25) is 0 Å². The monoisotopic (exact) mass is 772 g/mol. The number of hydrogen-bond acceptors (Lipinski definition) is 7. The molecule has 0 spiro atoms. The highest BCUT2D eigenvalue weighted by atomic mass is 32.2. The molecule has 0 aliphatic rings. The zero-order valence-corrected chi connectivity index (χ0v) is 32.8. The predicted molar refractivity (Wildman–Crippen MR) is 239 cm³/mol. The summed E-state index contributed by atoms with van der Waals surface area (Å²) in [5, 5.41) is 3.52. The Hall–Kier alpha value is -6.25. The third-order valence-electron chi connectivity index (χ3n) is 9.94. The number of thiazole rings is 1. The number of nitrogens with zero attached hydrogens (tertiary/aromatic N) is 4. The Bertz CT molecular complexity index is 3020. The first-order valence-corrected chi connectivity index (χ1v) is 20.8. The van der Waals surface area contributed by atoms with Crippen LogP contribution in [0, 0.1) is 6.92 Å². The molecule has 7 aromatic carbocycles. The highest BCUT2D eigenvalue weighted by Crippen LogP contribution is 2.45. The van der Waals surface area contributed by atoms with Gasteiger partial charge in [-0.3, -0.25) is 0 Å². The van der Waals surface area contributed by atoms with E-state index in [1.54, 1.807) is 23.1 Å². The van der Waals surface area contributed by atoms with Crippen molar-refractivity contribution in [1.29, 1.82) is 0 Å². The van der Waals surface area contributed by atoms with Gasteiger partial charge < -0.3 is 0 Å². The molecule has 3 heterocycles. The van der Waals surface area contributed by atoms with Crippen molar-refractivity contribution in [2.75, 3.05) is 0 Å². The molecule has 0 atom stereocenters. The number of thioether (sulfide) groups is 1. The van der Waals surface area contributed by atoms with E-state index in [1.807, 2.05) is 72.0 Å². The van der Waals surface area contributed by atoms with Crippen molar-refractivity contribution in [1.82, 2.24) is 19.9 Å². The normalized spacial score (nSPS) is 11.4. The van der Waals surface area contributed by atoms with Crippen LogP contribution in [-0.2, 0) is 0 Å². The van der Waals surface area contributed by atoms with Gasteiger partial charge in [0.1, 0.15) is 5.01 Å². The van der Waals surface area contributed by atoms with Crippen molar-refractivity contribution < 1.29 is 0 Å². The lowest BCUT2D eigenvalue weighted by molar-refractivity contribution is 1.07. The van der Waals surface area contributed by atoms with Crippen molar-refractivity contribution in [3.8, 4) is 55.9 Å². The highest BCUT2D eigenvalue weighted by Gasteiger charge is 2.17. The molecule has 0 amide bonds. The standard InChI is InChI=1S/C49H32N4S3/c1-30-13-9-10-22-42(30)54-31(2)37-18-11-20-39-40-21-12-19-38(45(40)56-44(37)39)32-23-25-35(26-24-32)49-50-41-28-27-36(29-43(41)55-49)48-52-46(33-14-5-3-6-15-33)51-47(53-48)34-16-7-4-8-17-34/h3-29H,2H2,1H3. The summed E-state index contributed by atoms with van der Waals surface area (Å²) in [6, 6.07) is 57.0. The quantitative estimate of drug-likeness (QED) is 0.144. The zero-order valence-electron chi connectivity index (χ0n) is 30.3. The molecule has 0 aliphatic heterocycles. The second kappa shape index (κ2) is 14.4. The predicted octanol–water partition coefficient (Wildman–Crippen LogP) is 14.3. The lowest BCUT2D eigenvalue weighted by Crippen LogP contribution is -1.99. The van der Waals surface area contributed by atoms with Crippen LogP contribution in [0.25, 0.3) is 91.2 Å². The zero-order chi connectivity index (χ0) is 37.6. The van der Waals surface area contributed by atoms with Gasteiger partial charge in [0.05, 0.1) is 10.2 Å². The molecule has 266 valence electrons. The maximum Gasteiger partial charge on any atom is 0.164 e. The van der Waals surface area contributed by atoms with Crippen molar-refractivity contribution in [2.45, 2.75) is 11.8 Å². The van der Waals surface area contributed by atoms with Crippen LogP contribution in [0.3, 0.4) is 0 Å². The van der Waals surface area contributed by atoms with Gasteiger partial charge in [-0.05, 0) is 47.9 Å². The van der Waals surface area contributed by atoms with Crippen LogP contribution in [0.15, 0.2) is 175 Å². The van der Waals surface area contributed by atoms with Gasteiger partial charge in [0.25, 0.3) is 0 Å². The smallest absolute Gasteiger partial charge is 0.164 e. The Morgan fingerprint density at radius 3 is 1.79 bits per heavy atom. The summed E-state index contributed by atoms with van der Waals surface area (Å²) < 4.78 is 3.64. The number of thiophene rings is 1. The van der Waals surface area contributed by atoms with Crippen LogP contribution in [-0.4, -0.2) is 19.9 Å². The van der Waals surface area contributed by atoms with Crippen LogP contribution in [0.1, 0.15) is 11.1 Å². The molecular weight excluding hydrogens is 741 g/mol. The van der Waals surface area contributed by atoms with E-state index in [1.165, 1.54) is 47.3 Å². The fraction of sp³-hybridized carbons (Fsp3) is 0.0204. The van der Waals surface area contributed by atoms with Crippen molar-refractivity contribution >= 4 is 69.7 Å². The van der Waals surface area contributed by atoms with E-state index in [4.69, 9.17) is 19.9 Å². The minimum Gasteiger partial charge on any atom is -0.236 e. The van der Waals surface area contributed by atoms with E-state index in [0.717, 1.165) is 42.4 Å². The molecule has 0 aliphatic carbocycles. The van der Waals surface area contributed by atoms with Gasteiger partial charge >= 0.3 is 0 Å². The molecule has 4 nitrogen and oxygen atoms in total. The minimum absolute atomic E-state index is 0.635. The van der Waals surface area contributed by atoms with Crippen LogP contribution >= 0.6 is 34.4 Å². The third kappa shape index (κ3) is 6.39. The van der Waals surface area contributed by atoms with Crippen LogP contribution in [0.2, 0.25) is 0 Å². The van der Waals surface area contributed by atoms with Crippen LogP contribution < -0.4 is 0 Å². The summed E-state index contributed by atoms with van der Waals surface area (Å²) in [4.78, 5) is 22.1. The Balaban J connectivity index is 0.970. The third-order valence-corrected chi connectivity index (χ3v) is 13.4. The molecule has 0 fully saturated rings. The average molecular weight is 773 g/mol. The Kier molecular flexibility index (Phi) is 8.83. The van der Waals surface area contributed by atoms with E-state index < -0.39 is 0 Å². The maximum absolute atomic E-state index is 5.05. The molecule has 56 heavy (non-hydrogen) atoms. The molecule has 0 saturated heterocycles. The van der Waals surface area contributed by atoms with Gasteiger partial charge in [-0.25, -0.2) is 19.9 Å². The van der Waals surface area contributed by atoms with E-state index in [9.17, 15) is 0 Å². The number of benzene rings is 7. The summed E-state index contributed by atoms with van der Waals surface area (Å²) in [5.41, 5.74) is 9.74. The van der Waals surface area contributed by atoms with Crippen LogP contribution in [0.4, 0.5) is 0 Å². The summed E-state index contributed by atoms with van der Waals surface area (Å²) in [5.74, 6) is 1.93. The summed E-state index contributed by atoms with van der Waals surface area (Å²) in [7, 11) is 0. The molecule has 3 aromatic heterocycles. The van der Waals surface area contributed by atoms with E-state index in [0.29, 0.717) is 17.5 Å². The van der Waals surface area contributed by atoms with Gasteiger partial charge in [-0.1, -0.05) is 158 Å². The molecule has 0 unspecified atom stereocenters. The lowest BCUT2D eigenvalue weighted by atomic mass is 10.0. The summed E-state index contributed by atoms with van der Waals surface area (Å²) >= 11 is 5.29. The maximum atomic E-state index is 5.05. The first-order chi connectivity index (χ1) is 27.6. The largest absolute Gasteiger partial charge is 0.236 e. The number of fused-ring (bicyclic) bond motifs is 4. The number of rotatable bonds is 8. The fourth-order valence-electron chi connectivity index (χ4n) is 7.04. The van der Waals surface area contributed by atoms with Gasteiger partial charge in [0, 0.05) is 57.8 Å². The van der Waals surface area contributed by atoms with Gasteiger partial charge in [0.15, 0.2) is 17.5 Å². The molecule has 7 heteroatoms. The van der Waals surface area contributed by atoms with Gasteiger partial charge in [-0.15, -0.1) is 22.7 Å². The second-order valence-corrected chi connectivity index (χ2v) is 16.8. The van der Waals surface area contributed by atoms with Crippen molar-refractivity contribution in [3.63, 3.8) is 0 Å². The Morgan fingerprint density at radius 2 is 1.09 bits per heavy atom. The lowest BCUT2D eigenvalue weighted by Gasteiger charge is -2.09. The van der Waals surface area contributed by atoms with Gasteiger partial charge in [-0.2, -0.15) is 0 Å². The SMILES string of the molecule is C=C(Sc1ccccc1C)c1cccc2c1sc1c(-c3ccc(-c4nc5ccc(-c6nc(-c7ccccc7)nc(-c7ccccc7)n6)cc5s4)cc3)cccc12. The Morgan fingerprint density at radius 1 is 0.500 bits per heavy atom.